The maximum atomic E-state index is 11.8. The molecule has 0 aliphatic rings. The topological polar surface area (TPSA) is 135 Å². The Morgan fingerprint density at radius 1 is 1.05 bits per heavy atom. The van der Waals surface area contributed by atoms with E-state index in [1.165, 1.54) is 30.5 Å². The molecule has 0 saturated carbocycles. The molecule has 0 amide bonds. The average Bonchev–Trinajstić information content (AvgIpc) is 2.82. The predicted molar refractivity (Wildman–Crippen MR) is 67.2 cm³/mol. The summed E-state index contributed by atoms with van der Waals surface area (Å²) in [5.74, 6) is 0. The van der Waals surface area contributed by atoms with Crippen molar-refractivity contribution in [2.24, 2.45) is 5.14 Å². The van der Waals surface area contributed by atoms with Crippen molar-refractivity contribution in [3.63, 3.8) is 0 Å². The number of nitrogens with one attached hydrogen (secondary N) is 2. The first-order valence-corrected chi connectivity index (χ1v) is 7.96. The van der Waals surface area contributed by atoms with Crippen molar-refractivity contribution in [1.29, 1.82) is 0 Å². The highest BCUT2D eigenvalue weighted by Crippen LogP contribution is 2.16. The largest absolute Gasteiger partial charge is 0.284 e. The molecule has 0 aliphatic heterocycles. The van der Waals surface area contributed by atoms with Crippen molar-refractivity contribution in [2.45, 2.75) is 9.79 Å². The minimum Gasteiger partial charge on any atom is -0.284 e. The molecule has 8 nitrogen and oxygen atoms in total. The Labute approximate surface area is 109 Å². The van der Waals surface area contributed by atoms with Gasteiger partial charge in [0.25, 0.3) is 10.0 Å². The smallest absolute Gasteiger partial charge is 0.265 e. The number of primary sulfonamides is 1. The predicted octanol–water partition coefficient (Wildman–Crippen LogP) is -0.142. The van der Waals surface area contributed by atoms with Crippen molar-refractivity contribution in [3.8, 4) is 0 Å². The van der Waals surface area contributed by atoms with E-state index in [0.29, 0.717) is 0 Å². The van der Waals surface area contributed by atoms with Gasteiger partial charge in [-0.05, 0) is 24.3 Å². The summed E-state index contributed by atoms with van der Waals surface area (Å²) in [6.07, 6.45) is 2.38. The van der Waals surface area contributed by atoms with Crippen LogP contribution in [0.4, 0.5) is 5.69 Å². The summed E-state index contributed by atoms with van der Waals surface area (Å²) in [6, 6.07) is 5.03. The lowest BCUT2D eigenvalue weighted by atomic mass is 10.3. The van der Waals surface area contributed by atoms with E-state index in [0.717, 1.165) is 6.20 Å². The second kappa shape index (κ2) is 4.64. The van der Waals surface area contributed by atoms with Crippen LogP contribution in [0, 0.1) is 0 Å². The first-order valence-electron chi connectivity index (χ1n) is 4.93. The zero-order chi connectivity index (χ0) is 14.1. The number of aromatic amines is 1. The summed E-state index contributed by atoms with van der Waals surface area (Å²) < 4.78 is 48.0. The molecule has 4 N–H and O–H groups in total. The molecule has 10 heteroatoms. The van der Waals surface area contributed by atoms with E-state index in [4.69, 9.17) is 5.14 Å². The third-order valence-corrected chi connectivity index (χ3v) is 4.50. The normalized spacial score (nSPS) is 12.3. The zero-order valence-corrected chi connectivity index (χ0v) is 11.1. The van der Waals surface area contributed by atoms with Crippen LogP contribution in [0.1, 0.15) is 0 Å². The van der Waals surface area contributed by atoms with Gasteiger partial charge in [0.15, 0.2) is 0 Å². The van der Waals surface area contributed by atoms with Crippen LogP contribution in [0.5, 0.6) is 0 Å². The molecule has 1 aromatic heterocycles. The lowest BCUT2D eigenvalue weighted by Crippen LogP contribution is -2.14. The maximum Gasteiger partial charge on any atom is 0.265 e. The Balaban J connectivity index is 2.26. The molecule has 2 aromatic rings. The number of aromatic nitrogens is 2. The van der Waals surface area contributed by atoms with Gasteiger partial charge < -0.3 is 0 Å². The SMILES string of the molecule is NS(=O)(=O)c1ccc(NS(=O)(=O)c2cn[nH]c2)cc1. The van der Waals surface area contributed by atoms with E-state index in [2.05, 4.69) is 14.9 Å². The molecule has 1 aromatic carbocycles. The molecule has 0 saturated heterocycles. The fourth-order valence-electron chi connectivity index (χ4n) is 1.31. The van der Waals surface area contributed by atoms with Gasteiger partial charge in [-0.15, -0.1) is 0 Å². The van der Waals surface area contributed by atoms with Gasteiger partial charge in [0.1, 0.15) is 4.90 Å². The van der Waals surface area contributed by atoms with Crippen LogP contribution >= 0.6 is 0 Å². The Hall–Kier alpha value is -1.91. The highest BCUT2D eigenvalue weighted by atomic mass is 32.2. The van der Waals surface area contributed by atoms with E-state index >= 15 is 0 Å². The van der Waals surface area contributed by atoms with Gasteiger partial charge in [-0.1, -0.05) is 0 Å². The summed E-state index contributed by atoms with van der Waals surface area (Å²) in [5, 5.41) is 10.9. The Morgan fingerprint density at radius 2 is 1.68 bits per heavy atom. The van der Waals surface area contributed by atoms with Crippen LogP contribution in [-0.4, -0.2) is 27.0 Å². The van der Waals surface area contributed by atoms with Gasteiger partial charge in [0.05, 0.1) is 11.1 Å². The molecular weight excluding hydrogens is 292 g/mol. The number of rotatable bonds is 4. The van der Waals surface area contributed by atoms with E-state index in [1.807, 2.05) is 0 Å². The van der Waals surface area contributed by atoms with Gasteiger partial charge >= 0.3 is 0 Å². The summed E-state index contributed by atoms with van der Waals surface area (Å²) in [4.78, 5) is -0.123. The molecule has 19 heavy (non-hydrogen) atoms. The third kappa shape index (κ3) is 3.10. The third-order valence-electron chi connectivity index (χ3n) is 2.22. The minimum absolute atomic E-state index is 0.0250. The maximum absolute atomic E-state index is 11.8. The molecule has 0 atom stereocenters. The number of nitrogens with zero attached hydrogens (tertiary/aromatic N) is 1. The van der Waals surface area contributed by atoms with Crippen LogP contribution in [0.2, 0.25) is 0 Å². The van der Waals surface area contributed by atoms with Crippen molar-refractivity contribution in [1.82, 2.24) is 10.2 Å². The van der Waals surface area contributed by atoms with Crippen LogP contribution in [0.25, 0.3) is 0 Å². The molecule has 0 bridgehead atoms. The van der Waals surface area contributed by atoms with Crippen molar-refractivity contribution < 1.29 is 16.8 Å². The van der Waals surface area contributed by atoms with Crippen LogP contribution in [0.3, 0.4) is 0 Å². The van der Waals surface area contributed by atoms with Gasteiger partial charge in [-0.25, -0.2) is 22.0 Å². The summed E-state index contributed by atoms with van der Waals surface area (Å²) >= 11 is 0. The number of nitrogens with two attached hydrogens (primary N) is 1. The molecule has 1 heterocycles. The van der Waals surface area contributed by atoms with Gasteiger partial charge in [0.2, 0.25) is 10.0 Å². The van der Waals surface area contributed by atoms with E-state index in [9.17, 15) is 16.8 Å². The fourth-order valence-corrected chi connectivity index (χ4v) is 2.79. The second-order valence-corrected chi connectivity index (χ2v) is 6.85. The molecule has 2 rings (SSSR count). The van der Waals surface area contributed by atoms with E-state index in [1.54, 1.807) is 0 Å². The average molecular weight is 302 g/mol. The lowest BCUT2D eigenvalue weighted by Gasteiger charge is -2.06. The summed E-state index contributed by atoms with van der Waals surface area (Å²) in [7, 11) is -7.54. The lowest BCUT2D eigenvalue weighted by molar-refractivity contribution is 0.597. The number of benzene rings is 1. The molecule has 0 radical (unpaired) electrons. The van der Waals surface area contributed by atoms with Crippen LogP contribution < -0.4 is 9.86 Å². The molecule has 0 fully saturated rings. The van der Waals surface area contributed by atoms with Crippen molar-refractivity contribution in [2.75, 3.05) is 4.72 Å². The van der Waals surface area contributed by atoms with E-state index in [-0.39, 0.29) is 15.5 Å². The van der Waals surface area contributed by atoms with Crippen molar-refractivity contribution >= 4 is 25.7 Å². The fraction of sp³-hybridized carbons (Fsp3) is 0. The number of anilines is 1. The van der Waals surface area contributed by atoms with Crippen LogP contribution in [0.15, 0.2) is 46.5 Å². The zero-order valence-electron chi connectivity index (χ0n) is 9.44. The number of hydrogen-bond acceptors (Lipinski definition) is 5. The molecule has 0 unspecified atom stereocenters. The summed E-state index contributed by atoms with van der Waals surface area (Å²) in [6.45, 7) is 0. The molecular formula is C9H10N4O4S2. The van der Waals surface area contributed by atoms with Gasteiger partial charge in [-0.3, -0.25) is 9.82 Å². The van der Waals surface area contributed by atoms with Crippen molar-refractivity contribution in [3.05, 3.63) is 36.7 Å². The monoisotopic (exact) mass is 302 g/mol. The number of hydrogen-bond donors (Lipinski definition) is 3. The standard InChI is InChI=1S/C9H10N4O4S2/c10-18(14,15)8-3-1-7(2-4-8)13-19(16,17)9-5-11-12-6-9/h1-6,13H,(H,11,12)(H2,10,14,15). The molecule has 102 valence electrons. The first-order chi connectivity index (χ1) is 8.79. The second-order valence-electron chi connectivity index (χ2n) is 3.61. The summed E-state index contributed by atoms with van der Waals surface area (Å²) in [5.41, 5.74) is 0.216. The molecule has 0 aliphatic carbocycles. The Kier molecular flexibility index (Phi) is 3.30. The number of H-pyrrole nitrogens is 1. The van der Waals surface area contributed by atoms with E-state index < -0.39 is 20.0 Å². The highest BCUT2D eigenvalue weighted by molar-refractivity contribution is 7.92. The first kappa shape index (κ1) is 13.5. The highest BCUT2D eigenvalue weighted by Gasteiger charge is 2.15. The Bertz CT molecular complexity index is 764. The molecule has 0 spiro atoms. The Morgan fingerprint density at radius 3 is 2.16 bits per heavy atom. The van der Waals surface area contributed by atoms with Crippen LogP contribution in [-0.2, 0) is 20.0 Å². The number of sulfonamides is 2. The quantitative estimate of drug-likeness (QED) is 0.722. The van der Waals surface area contributed by atoms with Gasteiger partial charge in [0, 0.05) is 11.9 Å². The minimum atomic E-state index is -3.80. The van der Waals surface area contributed by atoms with Gasteiger partial charge in [-0.2, -0.15) is 5.10 Å².